The van der Waals surface area contributed by atoms with Crippen LogP contribution in [0, 0.1) is 0 Å². The van der Waals surface area contributed by atoms with Gasteiger partial charge in [0.1, 0.15) is 0 Å². The monoisotopic (exact) mass is 399 g/mol. The van der Waals surface area contributed by atoms with E-state index in [1.165, 1.54) is 21.9 Å². The summed E-state index contributed by atoms with van der Waals surface area (Å²) in [5.74, 6) is -0.135. The fourth-order valence-corrected chi connectivity index (χ4v) is 4.74. The van der Waals surface area contributed by atoms with E-state index >= 15 is 0 Å². The molecule has 4 nitrogen and oxygen atoms in total. The van der Waals surface area contributed by atoms with Gasteiger partial charge in [-0.15, -0.1) is 0 Å². The quantitative estimate of drug-likeness (QED) is 0.573. The Morgan fingerprint density at radius 3 is 2.55 bits per heavy atom. The van der Waals surface area contributed by atoms with Gasteiger partial charge in [0.2, 0.25) is 0 Å². The summed E-state index contributed by atoms with van der Waals surface area (Å²) in [5, 5.41) is 12.5. The van der Waals surface area contributed by atoms with Gasteiger partial charge in [-0.3, -0.25) is 4.79 Å². The topological polar surface area (TPSA) is 53.2 Å². The number of benzene rings is 3. The van der Waals surface area contributed by atoms with Crippen molar-refractivity contribution >= 4 is 39.7 Å². The lowest BCUT2D eigenvalue weighted by Gasteiger charge is -2.31. The molecule has 2 aliphatic rings. The number of nitrogens with one attached hydrogen (secondary N) is 3. The molecule has 3 aromatic rings. The lowest BCUT2D eigenvalue weighted by Crippen LogP contribution is -2.45. The summed E-state index contributed by atoms with van der Waals surface area (Å²) in [6.45, 7) is 1.90. The van der Waals surface area contributed by atoms with Crippen LogP contribution in [-0.4, -0.2) is 11.0 Å². The highest BCUT2D eigenvalue weighted by Gasteiger charge is 2.31. The Kier molecular flexibility index (Phi) is 4.32. The molecule has 1 heterocycles. The van der Waals surface area contributed by atoms with Crippen molar-refractivity contribution < 1.29 is 4.79 Å². The van der Waals surface area contributed by atoms with Crippen LogP contribution in [0.15, 0.2) is 71.9 Å². The van der Waals surface area contributed by atoms with Crippen LogP contribution in [-0.2, 0) is 17.6 Å². The molecular weight excluding hydrogens is 378 g/mol. The first-order valence-electron chi connectivity index (χ1n) is 9.80. The maximum Gasteiger partial charge on any atom is 0.255 e. The zero-order valence-electron chi connectivity index (χ0n) is 16.1. The van der Waals surface area contributed by atoms with Crippen molar-refractivity contribution in [3.8, 4) is 0 Å². The van der Waals surface area contributed by atoms with Crippen LogP contribution in [0.1, 0.15) is 29.7 Å². The number of anilines is 1. The predicted octanol–water partition coefficient (Wildman–Crippen LogP) is 4.37. The Bertz CT molecular complexity index is 1170. The lowest BCUT2D eigenvalue weighted by molar-refractivity contribution is -0.113. The van der Waals surface area contributed by atoms with Crippen molar-refractivity contribution in [2.45, 2.75) is 25.8 Å². The summed E-state index contributed by atoms with van der Waals surface area (Å²) in [6.07, 6.45) is 2.15. The second-order valence-corrected chi connectivity index (χ2v) is 7.95. The van der Waals surface area contributed by atoms with Gasteiger partial charge in [0, 0.05) is 11.4 Å². The minimum absolute atomic E-state index is 0.135. The molecule has 29 heavy (non-hydrogen) atoms. The number of rotatable bonds is 3. The Morgan fingerprint density at radius 1 is 1.00 bits per heavy atom. The molecule has 3 aromatic carbocycles. The van der Waals surface area contributed by atoms with Crippen molar-refractivity contribution in [2.75, 3.05) is 5.32 Å². The van der Waals surface area contributed by atoms with Crippen molar-refractivity contribution in [3.63, 3.8) is 0 Å². The van der Waals surface area contributed by atoms with Crippen LogP contribution in [0.3, 0.4) is 0 Å². The largest absolute Gasteiger partial charge is 0.351 e. The van der Waals surface area contributed by atoms with Crippen LogP contribution in [0.25, 0.3) is 10.8 Å². The summed E-state index contributed by atoms with van der Waals surface area (Å²) >= 11 is 5.43. The Hall–Kier alpha value is -3.18. The van der Waals surface area contributed by atoms with Crippen molar-refractivity contribution in [1.82, 2.24) is 10.6 Å². The molecule has 144 valence electrons. The maximum atomic E-state index is 13.3. The number of para-hydroxylation sites is 1. The van der Waals surface area contributed by atoms with Gasteiger partial charge in [-0.2, -0.15) is 0 Å². The first-order chi connectivity index (χ1) is 14.1. The Morgan fingerprint density at radius 2 is 1.76 bits per heavy atom. The summed E-state index contributed by atoms with van der Waals surface area (Å²) in [5.41, 5.74) is 6.04. The van der Waals surface area contributed by atoms with Crippen molar-refractivity contribution in [1.29, 1.82) is 0 Å². The molecule has 0 bridgehead atoms. The predicted molar refractivity (Wildman–Crippen MR) is 121 cm³/mol. The lowest BCUT2D eigenvalue weighted by atomic mass is 9.89. The van der Waals surface area contributed by atoms with Gasteiger partial charge in [0.25, 0.3) is 5.91 Å². The molecule has 1 aliphatic carbocycles. The minimum Gasteiger partial charge on any atom is -0.351 e. The fraction of sp³-hybridized carbons (Fsp3) is 0.167. The number of carbonyl (C=O) groups excluding carboxylic acids is 1. The molecule has 0 aromatic heterocycles. The Labute approximate surface area is 175 Å². The van der Waals surface area contributed by atoms with E-state index in [2.05, 4.69) is 46.3 Å². The van der Waals surface area contributed by atoms with E-state index in [4.69, 9.17) is 12.2 Å². The zero-order chi connectivity index (χ0) is 20.0. The van der Waals surface area contributed by atoms with E-state index in [1.54, 1.807) is 0 Å². The molecule has 1 atom stereocenters. The molecule has 5 rings (SSSR count). The van der Waals surface area contributed by atoms with Gasteiger partial charge in [-0.05, 0) is 71.6 Å². The van der Waals surface area contributed by atoms with Gasteiger partial charge in [0.05, 0.1) is 11.6 Å². The highest BCUT2D eigenvalue weighted by Crippen LogP contribution is 2.38. The summed E-state index contributed by atoms with van der Waals surface area (Å²) in [7, 11) is 0. The molecule has 5 heteroatoms. The van der Waals surface area contributed by atoms with Crippen LogP contribution >= 0.6 is 12.2 Å². The van der Waals surface area contributed by atoms with Gasteiger partial charge in [0.15, 0.2) is 5.11 Å². The molecule has 0 saturated carbocycles. The SMILES string of the molecule is CC1=C(C(=O)Nc2ccccc2)C(c2ccc3c4c(cccc24)CC3)NC(=S)N1. The standard InChI is InChI=1S/C24H21N3OS/c1-14-20(23(28)26-17-7-3-2-4-8-17)22(27-24(29)25-14)19-13-12-16-11-10-15-6-5-9-18(19)21(15)16/h2-9,12-13,22H,10-11H2,1H3,(H,26,28)(H2,25,27,29). The highest BCUT2D eigenvalue weighted by atomic mass is 32.1. The van der Waals surface area contributed by atoms with Crippen LogP contribution < -0.4 is 16.0 Å². The van der Waals surface area contributed by atoms with Crippen LogP contribution in [0.2, 0.25) is 0 Å². The fourth-order valence-electron chi connectivity index (χ4n) is 4.47. The third kappa shape index (κ3) is 3.08. The first-order valence-corrected chi connectivity index (χ1v) is 10.2. The summed E-state index contributed by atoms with van der Waals surface area (Å²) < 4.78 is 0. The second-order valence-electron chi connectivity index (χ2n) is 7.54. The van der Waals surface area contributed by atoms with E-state index in [-0.39, 0.29) is 11.9 Å². The second kappa shape index (κ2) is 7.01. The number of carbonyl (C=O) groups is 1. The Balaban J connectivity index is 1.62. The molecular formula is C24H21N3OS. The third-order valence-electron chi connectivity index (χ3n) is 5.77. The van der Waals surface area contributed by atoms with Crippen molar-refractivity contribution in [3.05, 3.63) is 88.6 Å². The van der Waals surface area contributed by atoms with Crippen molar-refractivity contribution in [2.24, 2.45) is 0 Å². The smallest absolute Gasteiger partial charge is 0.255 e. The molecule has 3 N–H and O–H groups in total. The third-order valence-corrected chi connectivity index (χ3v) is 5.99. The number of amides is 1. The summed E-state index contributed by atoms with van der Waals surface area (Å²) in [6, 6.07) is 20.0. The van der Waals surface area contributed by atoms with Gasteiger partial charge < -0.3 is 16.0 Å². The molecule has 1 aliphatic heterocycles. The molecule has 0 radical (unpaired) electrons. The number of hydrogen-bond donors (Lipinski definition) is 3. The van der Waals surface area contributed by atoms with E-state index in [1.807, 2.05) is 37.3 Å². The molecule has 0 fully saturated rings. The van der Waals surface area contributed by atoms with Gasteiger partial charge in [-0.1, -0.05) is 48.5 Å². The van der Waals surface area contributed by atoms with E-state index in [0.717, 1.165) is 29.8 Å². The maximum absolute atomic E-state index is 13.3. The average Bonchev–Trinajstić information content (AvgIpc) is 3.13. The number of aryl methyl sites for hydroxylation is 2. The highest BCUT2D eigenvalue weighted by molar-refractivity contribution is 7.80. The normalized spacial score (nSPS) is 17.8. The number of hydrogen-bond acceptors (Lipinski definition) is 2. The van der Waals surface area contributed by atoms with Gasteiger partial charge >= 0.3 is 0 Å². The first kappa shape index (κ1) is 17.9. The zero-order valence-corrected chi connectivity index (χ0v) is 16.9. The molecule has 0 spiro atoms. The van der Waals surface area contributed by atoms with E-state index in [9.17, 15) is 4.79 Å². The molecule has 1 unspecified atom stereocenters. The molecule has 1 amide bonds. The average molecular weight is 400 g/mol. The number of thiocarbonyl (C=S) groups is 1. The minimum atomic E-state index is -0.308. The van der Waals surface area contributed by atoms with Crippen LogP contribution in [0.5, 0.6) is 0 Å². The summed E-state index contributed by atoms with van der Waals surface area (Å²) in [4.78, 5) is 13.3. The van der Waals surface area contributed by atoms with Gasteiger partial charge in [-0.25, -0.2) is 0 Å². The number of allylic oxidation sites excluding steroid dienone is 1. The van der Waals surface area contributed by atoms with Crippen LogP contribution in [0.4, 0.5) is 5.69 Å². The molecule has 0 saturated heterocycles. The van der Waals surface area contributed by atoms with E-state index in [0.29, 0.717) is 10.7 Å². The van der Waals surface area contributed by atoms with E-state index < -0.39 is 0 Å².